The van der Waals surface area contributed by atoms with Crippen LogP contribution in [0, 0.1) is 11.8 Å². The van der Waals surface area contributed by atoms with E-state index >= 15 is 0 Å². The maximum atomic E-state index is 11.9. The summed E-state index contributed by atoms with van der Waals surface area (Å²) in [5.74, 6) is 0.615. The van der Waals surface area contributed by atoms with Crippen molar-refractivity contribution in [3.8, 4) is 0 Å². The lowest BCUT2D eigenvalue weighted by Crippen LogP contribution is -2.41. The van der Waals surface area contributed by atoms with E-state index in [0.29, 0.717) is 18.9 Å². The van der Waals surface area contributed by atoms with Gasteiger partial charge in [0.05, 0.1) is 6.04 Å². The van der Waals surface area contributed by atoms with E-state index in [1.807, 2.05) is 13.8 Å². The van der Waals surface area contributed by atoms with Gasteiger partial charge in [0, 0.05) is 6.42 Å². The van der Waals surface area contributed by atoms with Crippen LogP contribution < -0.4 is 0 Å². The Kier molecular flexibility index (Phi) is 4.33. The van der Waals surface area contributed by atoms with Crippen LogP contribution in [0.1, 0.15) is 40.5 Å². The van der Waals surface area contributed by atoms with Crippen LogP contribution in [0.4, 0.5) is 4.79 Å². The molecule has 92 valence electrons. The van der Waals surface area contributed by atoms with Gasteiger partial charge in [-0.05, 0) is 18.3 Å². The van der Waals surface area contributed by atoms with E-state index in [1.54, 1.807) is 0 Å². The highest BCUT2D eigenvalue weighted by molar-refractivity contribution is 5.93. The third-order valence-electron chi connectivity index (χ3n) is 2.88. The molecule has 0 aromatic heterocycles. The fraction of sp³-hybridized carbons (Fsp3) is 0.833. The third-order valence-corrected chi connectivity index (χ3v) is 2.88. The zero-order chi connectivity index (χ0) is 12.3. The highest BCUT2D eigenvalue weighted by atomic mass is 16.6. The summed E-state index contributed by atoms with van der Waals surface area (Å²) in [7, 11) is 0. The Morgan fingerprint density at radius 2 is 2.06 bits per heavy atom. The molecule has 1 fully saturated rings. The molecule has 1 unspecified atom stereocenters. The van der Waals surface area contributed by atoms with Crippen molar-refractivity contribution in [2.75, 3.05) is 6.61 Å². The van der Waals surface area contributed by atoms with E-state index in [2.05, 4.69) is 13.8 Å². The van der Waals surface area contributed by atoms with Crippen molar-refractivity contribution in [3.63, 3.8) is 0 Å². The first-order valence-corrected chi connectivity index (χ1v) is 5.92. The number of ether oxygens (including phenoxy) is 1. The van der Waals surface area contributed by atoms with Crippen LogP contribution in [-0.2, 0) is 9.53 Å². The monoisotopic (exact) mass is 227 g/mol. The molecule has 1 saturated heterocycles. The van der Waals surface area contributed by atoms with Crippen molar-refractivity contribution >= 4 is 12.0 Å². The second kappa shape index (κ2) is 5.32. The molecule has 1 aliphatic rings. The van der Waals surface area contributed by atoms with Crippen molar-refractivity contribution in [2.45, 2.75) is 46.6 Å². The van der Waals surface area contributed by atoms with E-state index in [-0.39, 0.29) is 17.9 Å². The molecule has 0 aromatic rings. The molecule has 4 nitrogen and oxygen atoms in total. The van der Waals surface area contributed by atoms with Gasteiger partial charge in [0.2, 0.25) is 5.91 Å². The van der Waals surface area contributed by atoms with Crippen molar-refractivity contribution in [1.82, 2.24) is 4.90 Å². The molecule has 2 amide bonds. The second-order valence-electron chi connectivity index (χ2n) is 5.08. The quantitative estimate of drug-likeness (QED) is 0.741. The second-order valence-corrected chi connectivity index (χ2v) is 5.08. The first kappa shape index (κ1) is 13.0. The summed E-state index contributed by atoms with van der Waals surface area (Å²) in [6.07, 6.45) is 0.760. The van der Waals surface area contributed by atoms with E-state index in [1.165, 1.54) is 4.90 Å². The topological polar surface area (TPSA) is 46.6 Å². The molecular weight excluding hydrogens is 206 g/mol. The van der Waals surface area contributed by atoms with Gasteiger partial charge in [-0.2, -0.15) is 0 Å². The van der Waals surface area contributed by atoms with Crippen molar-refractivity contribution in [3.05, 3.63) is 0 Å². The molecule has 0 saturated carbocycles. The Hall–Kier alpha value is -1.06. The predicted molar refractivity (Wildman–Crippen MR) is 60.9 cm³/mol. The number of hydrogen-bond acceptors (Lipinski definition) is 3. The highest BCUT2D eigenvalue weighted by Gasteiger charge is 2.38. The SMILES string of the molecule is CC(C)CCC(=O)N1C(=O)OCC1C(C)C. The molecule has 0 spiro atoms. The molecule has 1 rings (SSSR count). The molecular formula is C12H21NO3. The molecule has 0 aliphatic carbocycles. The predicted octanol–water partition coefficient (Wildman–Crippen LogP) is 2.43. The van der Waals surface area contributed by atoms with Gasteiger partial charge in [0.1, 0.15) is 6.61 Å². The third kappa shape index (κ3) is 2.97. The minimum atomic E-state index is -0.479. The van der Waals surface area contributed by atoms with Gasteiger partial charge < -0.3 is 4.74 Å². The number of carbonyl (C=O) groups is 2. The summed E-state index contributed by atoms with van der Waals surface area (Å²) in [6, 6.07) is -0.0906. The number of nitrogens with zero attached hydrogens (tertiary/aromatic N) is 1. The zero-order valence-electron chi connectivity index (χ0n) is 10.5. The molecule has 1 aliphatic heterocycles. The van der Waals surface area contributed by atoms with Gasteiger partial charge in [-0.15, -0.1) is 0 Å². The molecule has 1 heterocycles. The number of hydrogen-bond donors (Lipinski definition) is 0. The normalized spacial score (nSPS) is 20.8. The fourth-order valence-corrected chi connectivity index (χ4v) is 1.75. The van der Waals surface area contributed by atoms with E-state index in [9.17, 15) is 9.59 Å². The number of carbonyl (C=O) groups excluding carboxylic acids is 2. The van der Waals surface area contributed by atoms with Gasteiger partial charge in [0.25, 0.3) is 0 Å². The number of amides is 2. The van der Waals surface area contributed by atoms with Crippen molar-refractivity contribution in [2.24, 2.45) is 11.8 Å². The smallest absolute Gasteiger partial charge is 0.416 e. The summed E-state index contributed by atoms with van der Waals surface area (Å²) in [6.45, 7) is 8.46. The molecule has 0 aromatic carbocycles. The Morgan fingerprint density at radius 3 is 2.56 bits per heavy atom. The van der Waals surface area contributed by atoms with E-state index < -0.39 is 6.09 Å². The minimum absolute atomic E-state index is 0.0906. The summed E-state index contributed by atoms with van der Waals surface area (Å²) >= 11 is 0. The van der Waals surface area contributed by atoms with Crippen LogP contribution in [0.2, 0.25) is 0 Å². The van der Waals surface area contributed by atoms with Crippen LogP contribution in [-0.4, -0.2) is 29.5 Å². The van der Waals surface area contributed by atoms with Gasteiger partial charge >= 0.3 is 6.09 Å². The molecule has 4 heteroatoms. The summed E-state index contributed by atoms with van der Waals surface area (Å²) in [5.41, 5.74) is 0. The van der Waals surface area contributed by atoms with E-state index in [0.717, 1.165) is 6.42 Å². The first-order valence-electron chi connectivity index (χ1n) is 5.92. The first-order chi connectivity index (χ1) is 7.43. The molecule has 0 N–H and O–H groups in total. The Labute approximate surface area is 96.9 Å². The van der Waals surface area contributed by atoms with Crippen LogP contribution >= 0.6 is 0 Å². The Morgan fingerprint density at radius 1 is 1.44 bits per heavy atom. The summed E-state index contributed by atoms with van der Waals surface area (Å²) < 4.78 is 4.93. The summed E-state index contributed by atoms with van der Waals surface area (Å²) in [4.78, 5) is 24.7. The van der Waals surface area contributed by atoms with Gasteiger partial charge in [0.15, 0.2) is 0 Å². The highest BCUT2D eigenvalue weighted by Crippen LogP contribution is 2.21. The fourth-order valence-electron chi connectivity index (χ4n) is 1.75. The van der Waals surface area contributed by atoms with Crippen molar-refractivity contribution in [1.29, 1.82) is 0 Å². The Bertz CT molecular complexity index is 273. The number of imide groups is 1. The lowest BCUT2D eigenvalue weighted by molar-refractivity contribution is -0.130. The number of rotatable bonds is 4. The average Bonchev–Trinajstić information content (AvgIpc) is 2.56. The van der Waals surface area contributed by atoms with Crippen LogP contribution in [0.25, 0.3) is 0 Å². The van der Waals surface area contributed by atoms with Crippen LogP contribution in [0.15, 0.2) is 0 Å². The molecule has 0 radical (unpaired) electrons. The largest absolute Gasteiger partial charge is 0.447 e. The molecule has 1 atom stereocenters. The summed E-state index contributed by atoms with van der Waals surface area (Å²) in [5, 5.41) is 0. The van der Waals surface area contributed by atoms with Gasteiger partial charge in [-0.3, -0.25) is 4.79 Å². The standard InChI is InChI=1S/C12H21NO3/c1-8(2)5-6-11(14)13-10(9(3)4)7-16-12(13)15/h8-10H,5-7H2,1-4H3. The maximum Gasteiger partial charge on any atom is 0.416 e. The zero-order valence-corrected chi connectivity index (χ0v) is 10.5. The maximum absolute atomic E-state index is 11.9. The average molecular weight is 227 g/mol. The van der Waals surface area contributed by atoms with Crippen LogP contribution in [0.3, 0.4) is 0 Å². The minimum Gasteiger partial charge on any atom is -0.447 e. The lowest BCUT2D eigenvalue weighted by Gasteiger charge is -2.22. The van der Waals surface area contributed by atoms with Crippen molar-refractivity contribution < 1.29 is 14.3 Å². The van der Waals surface area contributed by atoms with Gasteiger partial charge in [-0.1, -0.05) is 27.7 Å². The lowest BCUT2D eigenvalue weighted by atomic mass is 10.0. The molecule has 0 bridgehead atoms. The molecule has 16 heavy (non-hydrogen) atoms. The number of cyclic esters (lactones) is 1. The Balaban J connectivity index is 2.61. The van der Waals surface area contributed by atoms with E-state index in [4.69, 9.17) is 4.74 Å². The van der Waals surface area contributed by atoms with Crippen LogP contribution in [0.5, 0.6) is 0 Å². The van der Waals surface area contributed by atoms with Gasteiger partial charge in [-0.25, -0.2) is 9.69 Å².